The Morgan fingerprint density at radius 1 is 1.42 bits per heavy atom. The first kappa shape index (κ1) is 8.54. The Kier molecular flexibility index (Phi) is 1.76. The molecule has 1 N–H and O–H groups in total. The van der Waals surface area contributed by atoms with Crippen molar-refractivity contribution in [1.29, 1.82) is 0 Å². The van der Waals surface area contributed by atoms with Crippen molar-refractivity contribution in [2.75, 3.05) is 0 Å². The summed E-state index contributed by atoms with van der Waals surface area (Å²) in [6.45, 7) is 3.95. The van der Waals surface area contributed by atoms with Gasteiger partial charge in [0.1, 0.15) is 0 Å². The van der Waals surface area contributed by atoms with Gasteiger partial charge in [0.05, 0.1) is 23.7 Å². The van der Waals surface area contributed by atoms with E-state index in [4.69, 9.17) is 16.3 Å². The second kappa shape index (κ2) is 2.47. The van der Waals surface area contributed by atoms with Crippen LogP contribution < -0.4 is 0 Å². The zero-order chi connectivity index (χ0) is 8.93. The van der Waals surface area contributed by atoms with E-state index >= 15 is 0 Å². The van der Waals surface area contributed by atoms with Crippen molar-refractivity contribution in [1.82, 2.24) is 0 Å². The van der Waals surface area contributed by atoms with Gasteiger partial charge in [-0.1, -0.05) is 26.0 Å². The largest absolute Gasteiger partial charge is 0.391 e. The van der Waals surface area contributed by atoms with E-state index in [0.29, 0.717) is 0 Å². The van der Waals surface area contributed by atoms with Gasteiger partial charge < -0.3 is 9.84 Å². The molecule has 0 aliphatic carbocycles. The maximum absolute atomic E-state index is 9.83. The number of rotatable bonds is 0. The lowest BCUT2D eigenvalue weighted by Gasteiger charge is -2.43. The molecule has 0 aromatic rings. The van der Waals surface area contributed by atoms with Crippen LogP contribution >= 0.6 is 11.6 Å². The normalized spacial score (nSPS) is 49.7. The van der Waals surface area contributed by atoms with E-state index in [-0.39, 0.29) is 23.0 Å². The number of aliphatic hydroxyl groups is 1. The molecule has 12 heavy (non-hydrogen) atoms. The summed E-state index contributed by atoms with van der Waals surface area (Å²) in [5.74, 6) is 0. The zero-order valence-corrected chi connectivity index (χ0v) is 7.95. The molecule has 2 aliphatic heterocycles. The number of alkyl halides is 1. The zero-order valence-electron chi connectivity index (χ0n) is 7.20. The fourth-order valence-electron chi connectivity index (χ4n) is 1.83. The van der Waals surface area contributed by atoms with E-state index in [9.17, 15) is 5.11 Å². The highest BCUT2D eigenvalue weighted by Crippen LogP contribution is 2.42. The molecule has 2 nitrogen and oxygen atoms in total. The van der Waals surface area contributed by atoms with E-state index in [1.165, 1.54) is 0 Å². The molecule has 0 radical (unpaired) electrons. The fraction of sp³-hybridized carbons (Fsp3) is 0.778. The first-order valence-electron chi connectivity index (χ1n) is 4.19. The second-order valence-electron chi connectivity index (χ2n) is 4.12. The summed E-state index contributed by atoms with van der Waals surface area (Å²) in [6, 6.07) is 0. The quantitative estimate of drug-likeness (QED) is 0.459. The molecule has 0 aromatic heterocycles. The molecule has 2 bridgehead atoms. The van der Waals surface area contributed by atoms with E-state index in [1.54, 1.807) is 0 Å². The fourth-order valence-corrected chi connectivity index (χ4v) is 2.30. The lowest BCUT2D eigenvalue weighted by atomic mass is 9.78. The molecule has 2 rings (SSSR count). The van der Waals surface area contributed by atoms with Crippen LogP contribution in [-0.4, -0.2) is 28.8 Å². The third-order valence-electron chi connectivity index (χ3n) is 2.89. The Balaban J connectivity index is 2.32. The smallest absolute Gasteiger partial charge is 0.0954 e. The third-order valence-corrected chi connectivity index (χ3v) is 3.38. The van der Waals surface area contributed by atoms with Crippen molar-refractivity contribution in [2.45, 2.75) is 37.5 Å². The van der Waals surface area contributed by atoms with Gasteiger partial charge in [0.15, 0.2) is 0 Å². The van der Waals surface area contributed by atoms with E-state index in [0.717, 1.165) is 0 Å². The first-order valence-corrected chi connectivity index (χ1v) is 4.63. The predicted molar refractivity (Wildman–Crippen MR) is 47.2 cm³/mol. The summed E-state index contributed by atoms with van der Waals surface area (Å²) in [7, 11) is 0. The highest BCUT2D eigenvalue weighted by atomic mass is 35.5. The van der Waals surface area contributed by atoms with Gasteiger partial charge in [0, 0.05) is 5.41 Å². The molecule has 0 amide bonds. The molecule has 1 fully saturated rings. The Hall–Kier alpha value is -0.0500. The molecule has 0 unspecified atom stereocenters. The summed E-state index contributed by atoms with van der Waals surface area (Å²) in [6.07, 6.45) is 3.38. The van der Waals surface area contributed by atoms with Crippen LogP contribution in [0, 0.1) is 5.41 Å². The van der Waals surface area contributed by atoms with Crippen LogP contribution in [0.15, 0.2) is 12.2 Å². The van der Waals surface area contributed by atoms with Crippen LogP contribution in [0.4, 0.5) is 0 Å². The molecule has 0 spiro atoms. The van der Waals surface area contributed by atoms with Gasteiger partial charge in [-0.05, 0) is 0 Å². The Labute approximate surface area is 77.2 Å². The van der Waals surface area contributed by atoms with Crippen molar-refractivity contribution in [3.63, 3.8) is 0 Å². The SMILES string of the molecule is CC1(C)[C@@H]2C=C[C@@H](O2)[C@@H](Cl)[C@H]1O. The molecule has 3 heteroatoms. The Morgan fingerprint density at radius 2 is 2.08 bits per heavy atom. The molecule has 2 heterocycles. The van der Waals surface area contributed by atoms with E-state index in [2.05, 4.69) is 0 Å². The van der Waals surface area contributed by atoms with Gasteiger partial charge >= 0.3 is 0 Å². The second-order valence-corrected chi connectivity index (χ2v) is 4.62. The predicted octanol–water partition coefficient (Wildman–Crippen LogP) is 1.32. The molecular formula is C9H13ClO2. The number of fused-ring (bicyclic) bond motifs is 2. The topological polar surface area (TPSA) is 29.5 Å². The van der Waals surface area contributed by atoms with Crippen molar-refractivity contribution in [2.24, 2.45) is 5.41 Å². The van der Waals surface area contributed by atoms with Crippen LogP contribution in [0.1, 0.15) is 13.8 Å². The van der Waals surface area contributed by atoms with Gasteiger partial charge in [-0.3, -0.25) is 0 Å². The highest BCUT2D eigenvalue weighted by Gasteiger charge is 2.50. The van der Waals surface area contributed by atoms with Crippen molar-refractivity contribution in [3.8, 4) is 0 Å². The standard InChI is InChI=1S/C9H13ClO2/c1-9(2)6-4-3-5(12-6)7(10)8(9)11/h3-8,11H,1-2H3/t5-,6+,7-,8-/m1/s1. The van der Waals surface area contributed by atoms with E-state index < -0.39 is 6.10 Å². The lowest BCUT2D eigenvalue weighted by Crippen LogP contribution is -2.53. The average molecular weight is 189 g/mol. The van der Waals surface area contributed by atoms with Crippen molar-refractivity contribution >= 4 is 11.6 Å². The van der Waals surface area contributed by atoms with Crippen molar-refractivity contribution < 1.29 is 9.84 Å². The summed E-state index contributed by atoms with van der Waals surface area (Å²) in [5.41, 5.74) is -0.268. The number of halogens is 1. The number of ether oxygens (including phenoxy) is 1. The van der Waals surface area contributed by atoms with E-state index in [1.807, 2.05) is 26.0 Å². The van der Waals surface area contributed by atoms with Crippen LogP contribution in [0.3, 0.4) is 0 Å². The molecule has 0 aromatic carbocycles. The average Bonchev–Trinajstić information content (AvgIpc) is 2.46. The molecule has 2 aliphatic rings. The summed E-state index contributed by atoms with van der Waals surface area (Å²) < 4.78 is 5.59. The van der Waals surface area contributed by atoms with Crippen LogP contribution in [0.25, 0.3) is 0 Å². The van der Waals surface area contributed by atoms with Gasteiger partial charge in [-0.25, -0.2) is 0 Å². The minimum absolute atomic E-state index is 0.0208. The summed E-state index contributed by atoms with van der Waals surface area (Å²) >= 11 is 6.02. The Bertz CT molecular complexity index is 225. The highest BCUT2D eigenvalue weighted by molar-refractivity contribution is 6.21. The monoisotopic (exact) mass is 188 g/mol. The van der Waals surface area contributed by atoms with Gasteiger partial charge in [0.2, 0.25) is 0 Å². The minimum atomic E-state index is -0.488. The van der Waals surface area contributed by atoms with Crippen LogP contribution in [0.2, 0.25) is 0 Å². The summed E-state index contributed by atoms with van der Waals surface area (Å²) in [5, 5.41) is 9.52. The molecule has 1 saturated heterocycles. The number of hydrogen-bond acceptors (Lipinski definition) is 2. The van der Waals surface area contributed by atoms with Gasteiger partial charge in [-0.15, -0.1) is 11.6 Å². The van der Waals surface area contributed by atoms with Gasteiger partial charge in [0.25, 0.3) is 0 Å². The maximum atomic E-state index is 9.83. The summed E-state index contributed by atoms with van der Waals surface area (Å²) in [4.78, 5) is 0. The molecule has 68 valence electrons. The van der Waals surface area contributed by atoms with Crippen LogP contribution in [-0.2, 0) is 4.74 Å². The molecule has 4 atom stereocenters. The third kappa shape index (κ3) is 0.951. The Morgan fingerprint density at radius 3 is 2.75 bits per heavy atom. The number of aliphatic hydroxyl groups excluding tert-OH is 1. The van der Waals surface area contributed by atoms with Crippen molar-refractivity contribution in [3.05, 3.63) is 12.2 Å². The minimum Gasteiger partial charge on any atom is -0.391 e. The number of hydrogen-bond donors (Lipinski definition) is 1. The maximum Gasteiger partial charge on any atom is 0.0954 e. The lowest BCUT2D eigenvalue weighted by molar-refractivity contribution is -0.124. The molecule has 0 saturated carbocycles. The first-order chi connectivity index (χ1) is 5.53. The van der Waals surface area contributed by atoms with Crippen LogP contribution in [0.5, 0.6) is 0 Å². The molecular weight excluding hydrogens is 176 g/mol. The van der Waals surface area contributed by atoms with Gasteiger partial charge in [-0.2, -0.15) is 0 Å².